The maximum absolute atomic E-state index is 11.3. The number of hydrogen-bond donors (Lipinski definition) is 0. The van der Waals surface area contributed by atoms with E-state index in [1.165, 1.54) is 51.9 Å². The Kier molecular flexibility index (Phi) is 10.8. The van der Waals surface area contributed by atoms with Crippen molar-refractivity contribution in [1.82, 2.24) is 0 Å². The monoisotopic (exact) mass is 312 g/mol. The molecule has 0 aromatic carbocycles. The summed E-state index contributed by atoms with van der Waals surface area (Å²) in [5, 5.41) is 0. The van der Waals surface area contributed by atoms with Crippen molar-refractivity contribution < 1.29 is 19.1 Å². The topological polar surface area (TPSA) is 52.6 Å². The van der Waals surface area contributed by atoms with Gasteiger partial charge in [0.05, 0.1) is 19.1 Å². The van der Waals surface area contributed by atoms with Gasteiger partial charge in [0.25, 0.3) is 0 Å². The summed E-state index contributed by atoms with van der Waals surface area (Å²) >= 11 is 0. The minimum Gasteiger partial charge on any atom is -0.466 e. The van der Waals surface area contributed by atoms with E-state index in [2.05, 4.69) is 0 Å². The Labute approximate surface area is 134 Å². The summed E-state index contributed by atoms with van der Waals surface area (Å²) in [5.41, 5.74) is 0. The van der Waals surface area contributed by atoms with Crippen molar-refractivity contribution in [2.24, 2.45) is 5.92 Å². The molecule has 1 heterocycles. The SMILES string of the molecule is CC(=O)OCCCCCCCCCCCCC1CCOC1=O. The molecule has 0 spiro atoms. The summed E-state index contributed by atoms with van der Waals surface area (Å²) in [6, 6.07) is 0. The Bertz CT molecular complexity index is 314. The molecule has 1 unspecified atom stereocenters. The van der Waals surface area contributed by atoms with Gasteiger partial charge in [-0.3, -0.25) is 9.59 Å². The van der Waals surface area contributed by atoms with Crippen molar-refractivity contribution >= 4 is 11.9 Å². The molecule has 0 radical (unpaired) electrons. The highest BCUT2D eigenvalue weighted by Crippen LogP contribution is 2.21. The second-order valence-corrected chi connectivity index (χ2v) is 6.32. The molecular formula is C18H32O4. The molecule has 1 saturated heterocycles. The Hall–Kier alpha value is -1.06. The van der Waals surface area contributed by atoms with E-state index in [1.54, 1.807) is 0 Å². The second kappa shape index (κ2) is 12.5. The molecule has 128 valence electrons. The molecule has 0 N–H and O–H groups in total. The van der Waals surface area contributed by atoms with E-state index < -0.39 is 0 Å². The lowest BCUT2D eigenvalue weighted by molar-refractivity contribution is -0.142. The molecule has 0 saturated carbocycles. The normalized spacial score (nSPS) is 17.5. The number of hydrogen-bond acceptors (Lipinski definition) is 4. The van der Waals surface area contributed by atoms with Crippen molar-refractivity contribution in [3.8, 4) is 0 Å². The third kappa shape index (κ3) is 9.80. The Morgan fingerprint density at radius 2 is 1.55 bits per heavy atom. The average Bonchev–Trinajstić information content (AvgIpc) is 2.89. The first kappa shape index (κ1) is 19.0. The van der Waals surface area contributed by atoms with Gasteiger partial charge in [-0.25, -0.2) is 0 Å². The zero-order valence-electron chi connectivity index (χ0n) is 14.1. The Morgan fingerprint density at radius 3 is 2.05 bits per heavy atom. The highest BCUT2D eigenvalue weighted by molar-refractivity contribution is 5.73. The van der Waals surface area contributed by atoms with Crippen LogP contribution in [0, 0.1) is 5.92 Å². The first-order chi connectivity index (χ1) is 10.7. The van der Waals surface area contributed by atoms with Crippen LogP contribution >= 0.6 is 0 Å². The third-order valence-corrected chi connectivity index (χ3v) is 4.30. The number of ether oxygens (including phenoxy) is 2. The lowest BCUT2D eigenvalue weighted by Gasteiger charge is -2.05. The van der Waals surface area contributed by atoms with Crippen LogP contribution in [0.25, 0.3) is 0 Å². The molecule has 0 aromatic rings. The van der Waals surface area contributed by atoms with Crippen LogP contribution in [0.2, 0.25) is 0 Å². The van der Waals surface area contributed by atoms with E-state index in [-0.39, 0.29) is 17.9 Å². The lowest BCUT2D eigenvalue weighted by atomic mass is 9.99. The van der Waals surface area contributed by atoms with Crippen LogP contribution < -0.4 is 0 Å². The molecule has 0 aliphatic carbocycles. The van der Waals surface area contributed by atoms with E-state index in [0.29, 0.717) is 13.2 Å². The average molecular weight is 312 g/mol. The van der Waals surface area contributed by atoms with Crippen LogP contribution in [0.3, 0.4) is 0 Å². The maximum atomic E-state index is 11.3. The van der Waals surface area contributed by atoms with Gasteiger partial charge >= 0.3 is 11.9 Å². The first-order valence-corrected chi connectivity index (χ1v) is 9.00. The number of esters is 2. The molecule has 22 heavy (non-hydrogen) atoms. The lowest BCUT2D eigenvalue weighted by Crippen LogP contribution is -2.06. The third-order valence-electron chi connectivity index (χ3n) is 4.30. The maximum Gasteiger partial charge on any atom is 0.309 e. The molecule has 4 nitrogen and oxygen atoms in total. The van der Waals surface area contributed by atoms with Gasteiger partial charge in [-0.05, 0) is 19.3 Å². The summed E-state index contributed by atoms with van der Waals surface area (Å²) in [5.74, 6) is 0.0329. The van der Waals surface area contributed by atoms with Gasteiger partial charge in [0.15, 0.2) is 0 Å². The number of carbonyl (C=O) groups excluding carboxylic acids is 2. The van der Waals surface area contributed by atoms with Gasteiger partial charge in [-0.2, -0.15) is 0 Å². The molecule has 1 atom stereocenters. The van der Waals surface area contributed by atoms with E-state index in [9.17, 15) is 9.59 Å². The summed E-state index contributed by atoms with van der Waals surface area (Å²) in [7, 11) is 0. The van der Waals surface area contributed by atoms with Gasteiger partial charge in [-0.1, -0.05) is 57.8 Å². The van der Waals surface area contributed by atoms with Crippen LogP contribution in [-0.4, -0.2) is 25.2 Å². The van der Waals surface area contributed by atoms with E-state index >= 15 is 0 Å². The molecule has 0 amide bonds. The molecular weight excluding hydrogens is 280 g/mol. The molecule has 1 aliphatic rings. The minimum absolute atomic E-state index is 0.0219. The zero-order valence-corrected chi connectivity index (χ0v) is 14.1. The minimum atomic E-state index is -0.176. The van der Waals surface area contributed by atoms with E-state index in [4.69, 9.17) is 9.47 Å². The highest BCUT2D eigenvalue weighted by Gasteiger charge is 2.25. The second-order valence-electron chi connectivity index (χ2n) is 6.32. The first-order valence-electron chi connectivity index (χ1n) is 9.00. The Morgan fingerprint density at radius 1 is 1.00 bits per heavy atom. The molecule has 1 aliphatic heterocycles. The van der Waals surface area contributed by atoms with E-state index in [1.807, 2.05) is 0 Å². The van der Waals surface area contributed by atoms with Gasteiger partial charge in [0.2, 0.25) is 0 Å². The van der Waals surface area contributed by atoms with Gasteiger partial charge in [0, 0.05) is 6.92 Å². The summed E-state index contributed by atoms with van der Waals surface area (Å²) < 4.78 is 9.87. The van der Waals surface area contributed by atoms with Crippen LogP contribution in [0.4, 0.5) is 0 Å². The summed E-state index contributed by atoms with van der Waals surface area (Å²) in [6.45, 7) is 2.66. The number of cyclic esters (lactones) is 1. The molecule has 1 rings (SSSR count). The quantitative estimate of drug-likeness (QED) is 0.373. The molecule has 0 aromatic heterocycles. The standard InChI is InChI=1S/C18H32O4/c1-16(19)21-14-11-9-7-5-3-2-4-6-8-10-12-17-13-15-22-18(17)20/h17H,2-15H2,1H3. The van der Waals surface area contributed by atoms with Crippen molar-refractivity contribution in [1.29, 1.82) is 0 Å². The van der Waals surface area contributed by atoms with Gasteiger partial charge in [0.1, 0.15) is 0 Å². The molecule has 1 fully saturated rings. The smallest absolute Gasteiger partial charge is 0.309 e. The largest absolute Gasteiger partial charge is 0.466 e. The molecule has 4 heteroatoms. The number of carbonyl (C=O) groups is 2. The summed E-state index contributed by atoms with van der Waals surface area (Å²) in [6.07, 6.45) is 14.2. The van der Waals surface area contributed by atoms with Crippen LogP contribution in [-0.2, 0) is 19.1 Å². The predicted octanol–water partition coefficient (Wildman–Crippen LogP) is 4.40. The fourth-order valence-electron chi connectivity index (χ4n) is 2.92. The molecule has 0 bridgehead atoms. The van der Waals surface area contributed by atoms with E-state index in [0.717, 1.165) is 32.1 Å². The van der Waals surface area contributed by atoms with Crippen molar-refractivity contribution in [3.05, 3.63) is 0 Å². The van der Waals surface area contributed by atoms with Crippen LogP contribution in [0.15, 0.2) is 0 Å². The number of unbranched alkanes of at least 4 members (excludes halogenated alkanes) is 9. The fraction of sp³-hybridized carbons (Fsp3) is 0.889. The van der Waals surface area contributed by atoms with Crippen molar-refractivity contribution in [3.63, 3.8) is 0 Å². The zero-order chi connectivity index (χ0) is 16.0. The predicted molar refractivity (Wildman–Crippen MR) is 86.5 cm³/mol. The highest BCUT2D eigenvalue weighted by atomic mass is 16.5. The van der Waals surface area contributed by atoms with Gasteiger partial charge in [-0.15, -0.1) is 0 Å². The van der Waals surface area contributed by atoms with Crippen molar-refractivity contribution in [2.75, 3.05) is 13.2 Å². The fourth-order valence-corrected chi connectivity index (χ4v) is 2.92. The van der Waals surface area contributed by atoms with Gasteiger partial charge < -0.3 is 9.47 Å². The van der Waals surface area contributed by atoms with Crippen LogP contribution in [0.5, 0.6) is 0 Å². The summed E-state index contributed by atoms with van der Waals surface area (Å²) in [4.78, 5) is 21.9. The number of rotatable bonds is 13. The van der Waals surface area contributed by atoms with Crippen LogP contribution in [0.1, 0.15) is 84.0 Å². The van der Waals surface area contributed by atoms with Crippen molar-refractivity contribution in [2.45, 2.75) is 84.0 Å². The Balaban J connectivity index is 1.73.